The highest BCUT2D eigenvalue weighted by atomic mass is 32.2. The van der Waals surface area contributed by atoms with E-state index in [1.165, 1.54) is 0 Å². The molecule has 1 aliphatic heterocycles. The van der Waals surface area contributed by atoms with Crippen molar-refractivity contribution in [2.24, 2.45) is 0 Å². The molecule has 2 rings (SSSR count). The average molecular weight is 313 g/mol. The van der Waals surface area contributed by atoms with Gasteiger partial charge >= 0.3 is 5.97 Å². The standard InChI is InChI=1S/C13H19N3O4S/c1-10(11-6-2-4-8-14-11)15-21(19,20)16-9-5-3-7-12(16)13(17)18/h2,4,6,8,10,12,15H,3,5,7,9H2,1H3,(H,17,18). The third-order valence-electron chi connectivity index (χ3n) is 3.50. The Morgan fingerprint density at radius 1 is 1.48 bits per heavy atom. The van der Waals surface area contributed by atoms with Gasteiger partial charge in [-0.3, -0.25) is 9.78 Å². The Morgan fingerprint density at radius 3 is 2.86 bits per heavy atom. The molecule has 21 heavy (non-hydrogen) atoms. The van der Waals surface area contributed by atoms with Crippen LogP contribution in [0.15, 0.2) is 24.4 Å². The van der Waals surface area contributed by atoms with Crippen LogP contribution in [-0.2, 0) is 15.0 Å². The van der Waals surface area contributed by atoms with Crippen molar-refractivity contribution in [3.05, 3.63) is 30.1 Å². The summed E-state index contributed by atoms with van der Waals surface area (Å²) < 4.78 is 28.4. The molecule has 7 nitrogen and oxygen atoms in total. The normalized spacial score (nSPS) is 21.9. The molecule has 0 bridgehead atoms. The van der Waals surface area contributed by atoms with Gasteiger partial charge in [0.15, 0.2) is 0 Å². The summed E-state index contributed by atoms with van der Waals surface area (Å²) in [7, 11) is -3.86. The highest BCUT2D eigenvalue weighted by Gasteiger charge is 2.37. The minimum absolute atomic E-state index is 0.223. The number of carboxylic acid groups (broad SMARTS) is 1. The molecule has 0 spiro atoms. The van der Waals surface area contributed by atoms with Crippen molar-refractivity contribution in [1.29, 1.82) is 0 Å². The number of piperidine rings is 1. The fourth-order valence-corrected chi connectivity index (χ4v) is 4.03. The Bertz CT molecular complexity index is 591. The number of nitrogens with one attached hydrogen (secondary N) is 1. The maximum absolute atomic E-state index is 12.4. The zero-order chi connectivity index (χ0) is 15.5. The minimum atomic E-state index is -3.86. The molecule has 2 N–H and O–H groups in total. The van der Waals surface area contributed by atoms with Crippen LogP contribution >= 0.6 is 0 Å². The van der Waals surface area contributed by atoms with Crippen LogP contribution in [0.25, 0.3) is 0 Å². The van der Waals surface area contributed by atoms with E-state index in [4.69, 9.17) is 0 Å². The van der Waals surface area contributed by atoms with Crippen LogP contribution in [0.2, 0.25) is 0 Å². The van der Waals surface area contributed by atoms with E-state index < -0.39 is 28.3 Å². The van der Waals surface area contributed by atoms with Crippen molar-refractivity contribution in [2.75, 3.05) is 6.54 Å². The molecule has 0 aromatic carbocycles. The monoisotopic (exact) mass is 313 g/mol. The van der Waals surface area contributed by atoms with Gasteiger partial charge in [0.1, 0.15) is 6.04 Å². The largest absolute Gasteiger partial charge is 0.480 e. The number of nitrogens with zero attached hydrogens (tertiary/aromatic N) is 2. The summed E-state index contributed by atoms with van der Waals surface area (Å²) in [4.78, 5) is 15.3. The van der Waals surface area contributed by atoms with E-state index in [-0.39, 0.29) is 6.54 Å². The summed E-state index contributed by atoms with van der Waals surface area (Å²) in [5.74, 6) is -1.11. The van der Waals surface area contributed by atoms with Gasteiger partial charge in [0.05, 0.1) is 11.7 Å². The molecule has 0 saturated carbocycles. The number of carboxylic acids is 1. The molecule has 2 unspecified atom stereocenters. The van der Waals surface area contributed by atoms with Gasteiger partial charge in [-0.15, -0.1) is 0 Å². The number of hydrogen-bond acceptors (Lipinski definition) is 4. The van der Waals surface area contributed by atoms with Crippen molar-refractivity contribution in [3.63, 3.8) is 0 Å². The second kappa shape index (κ2) is 6.50. The van der Waals surface area contributed by atoms with E-state index in [2.05, 4.69) is 9.71 Å². The molecule has 2 heterocycles. The number of aliphatic carboxylic acids is 1. The first-order valence-corrected chi connectivity index (χ1v) is 8.28. The number of pyridine rings is 1. The van der Waals surface area contributed by atoms with Crippen LogP contribution in [0.3, 0.4) is 0 Å². The first-order valence-electron chi connectivity index (χ1n) is 6.84. The van der Waals surface area contributed by atoms with Gasteiger partial charge in [0.2, 0.25) is 0 Å². The van der Waals surface area contributed by atoms with Crippen LogP contribution in [0.1, 0.15) is 37.9 Å². The van der Waals surface area contributed by atoms with E-state index >= 15 is 0 Å². The molecule has 2 atom stereocenters. The fourth-order valence-electron chi connectivity index (χ4n) is 2.42. The molecule has 1 fully saturated rings. The predicted molar refractivity (Wildman–Crippen MR) is 76.7 cm³/mol. The number of aromatic nitrogens is 1. The van der Waals surface area contributed by atoms with Crippen molar-refractivity contribution >= 4 is 16.2 Å². The Balaban J connectivity index is 2.15. The lowest BCUT2D eigenvalue weighted by molar-refractivity contribution is -0.142. The Kier molecular flexibility index (Phi) is 4.92. The van der Waals surface area contributed by atoms with Crippen LogP contribution in [0.5, 0.6) is 0 Å². The fraction of sp³-hybridized carbons (Fsp3) is 0.538. The van der Waals surface area contributed by atoms with E-state index in [9.17, 15) is 18.3 Å². The van der Waals surface area contributed by atoms with Gasteiger partial charge in [-0.2, -0.15) is 17.4 Å². The predicted octanol–water partition coefficient (Wildman–Crippen LogP) is 0.916. The lowest BCUT2D eigenvalue weighted by atomic mass is 10.1. The summed E-state index contributed by atoms with van der Waals surface area (Å²) in [5.41, 5.74) is 0.588. The molecule has 1 aromatic heterocycles. The quantitative estimate of drug-likeness (QED) is 0.842. The topological polar surface area (TPSA) is 99.6 Å². The molecule has 1 aliphatic rings. The smallest absolute Gasteiger partial charge is 0.322 e. The second-order valence-corrected chi connectivity index (χ2v) is 6.71. The molecule has 1 aromatic rings. The van der Waals surface area contributed by atoms with Crippen LogP contribution in [0.4, 0.5) is 0 Å². The summed E-state index contributed by atoms with van der Waals surface area (Å²) in [6.45, 7) is 1.90. The summed E-state index contributed by atoms with van der Waals surface area (Å²) >= 11 is 0. The summed E-state index contributed by atoms with van der Waals surface area (Å²) in [6, 6.07) is 3.72. The third kappa shape index (κ3) is 3.78. The summed E-state index contributed by atoms with van der Waals surface area (Å²) in [6.07, 6.45) is 3.32. The number of carbonyl (C=O) groups is 1. The van der Waals surface area contributed by atoms with Gasteiger partial charge in [-0.05, 0) is 38.3 Å². The van der Waals surface area contributed by atoms with E-state index in [1.54, 1.807) is 31.3 Å². The van der Waals surface area contributed by atoms with Crippen molar-refractivity contribution in [2.45, 2.75) is 38.3 Å². The highest BCUT2D eigenvalue weighted by Crippen LogP contribution is 2.21. The van der Waals surface area contributed by atoms with E-state index in [1.807, 2.05) is 0 Å². The minimum Gasteiger partial charge on any atom is -0.480 e. The first-order chi connectivity index (χ1) is 9.92. The highest BCUT2D eigenvalue weighted by molar-refractivity contribution is 7.87. The molecule has 0 amide bonds. The molecular weight excluding hydrogens is 294 g/mol. The van der Waals surface area contributed by atoms with Crippen LogP contribution in [-0.4, -0.2) is 41.4 Å². The van der Waals surface area contributed by atoms with Crippen molar-refractivity contribution in [3.8, 4) is 0 Å². The van der Waals surface area contributed by atoms with Gasteiger partial charge in [0.25, 0.3) is 10.2 Å². The number of rotatable bonds is 5. The Morgan fingerprint density at radius 2 is 2.24 bits per heavy atom. The third-order valence-corrected chi connectivity index (χ3v) is 5.21. The first kappa shape index (κ1) is 15.9. The van der Waals surface area contributed by atoms with E-state index in [0.29, 0.717) is 18.5 Å². The van der Waals surface area contributed by atoms with Crippen LogP contribution < -0.4 is 4.72 Å². The molecular formula is C13H19N3O4S. The lowest BCUT2D eigenvalue weighted by Crippen LogP contribution is -2.52. The van der Waals surface area contributed by atoms with Crippen molar-refractivity contribution < 1.29 is 18.3 Å². The number of hydrogen-bond donors (Lipinski definition) is 2. The van der Waals surface area contributed by atoms with Gasteiger partial charge in [-0.25, -0.2) is 0 Å². The molecule has 8 heteroatoms. The van der Waals surface area contributed by atoms with Gasteiger partial charge in [0, 0.05) is 12.7 Å². The van der Waals surface area contributed by atoms with Crippen molar-refractivity contribution in [1.82, 2.24) is 14.0 Å². The Labute approximate surface area is 124 Å². The SMILES string of the molecule is CC(NS(=O)(=O)N1CCCCC1C(=O)O)c1ccccn1. The Hall–Kier alpha value is -1.51. The zero-order valence-electron chi connectivity index (χ0n) is 11.8. The zero-order valence-corrected chi connectivity index (χ0v) is 12.6. The molecule has 1 saturated heterocycles. The molecule has 116 valence electrons. The lowest BCUT2D eigenvalue weighted by Gasteiger charge is -2.32. The van der Waals surface area contributed by atoms with Crippen LogP contribution in [0, 0.1) is 0 Å². The van der Waals surface area contributed by atoms with Gasteiger partial charge in [-0.1, -0.05) is 6.07 Å². The summed E-state index contributed by atoms with van der Waals surface area (Å²) in [5, 5.41) is 9.18. The van der Waals surface area contributed by atoms with E-state index in [0.717, 1.165) is 10.7 Å². The van der Waals surface area contributed by atoms with Gasteiger partial charge < -0.3 is 5.11 Å². The molecule has 0 radical (unpaired) electrons. The second-order valence-electron chi connectivity index (χ2n) is 5.06. The molecule has 0 aliphatic carbocycles. The average Bonchev–Trinajstić information content (AvgIpc) is 2.47. The maximum atomic E-state index is 12.4. The maximum Gasteiger partial charge on any atom is 0.322 e.